The van der Waals surface area contributed by atoms with E-state index >= 15 is 0 Å². The molecule has 0 radical (unpaired) electrons. The van der Waals surface area contributed by atoms with E-state index < -0.39 is 10.0 Å². The van der Waals surface area contributed by atoms with Gasteiger partial charge in [-0.25, -0.2) is 17.9 Å². The lowest BCUT2D eigenvalue weighted by molar-refractivity contribution is 0.0570. The number of carbonyl (C=O) groups excluding carboxylic acids is 2. The Bertz CT molecular complexity index is 753. The molecule has 0 aromatic heterocycles. The lowest BCUT2D eigenvalue weighted by atomic mass is 10.2. The summed E-state index contributed by atoms with van der Waals surface area (Å²) in [6, 6.07) is 5.77. The molecule has 0 saturated carbocycles. The third-order valence-electron chi connectivity index (χ3n) is 3.92. The summed E-state index contributed by atoms with van der Waals surface area (Å²) in [5.41, 5.74) is 0.400. The van der Waals surface area contributed by atoms with Gasteiger partial charge in [-0.15, -0.1) is 6.58 Å². The van der Waals surface area contributed by atoms with E-state index in [1.807, 2.05) is 0 Å². The van der Waals surface area contributed by atoms with Crippen molar-refractivity contribution in [1.29, 1.82) is 0 Å². The summed E-state index contributed by atoms with van der Waals surface area (Å²) in [6.45, 7) is 7.27. The quantitative estimate of drug-likeness (QED) is 0.744. The van der Waals surface area contributed by atoms with Gasteiger partial charge >= 0.3 is 6.09 Å². The molecule has 1 fully saturated rings. The zero-order valence-corrected chi connectivity index (χ0v) is 15.5. The number of ether oxygens (including phenoxy) is 1. The van der Waals surface area contributed by atoms with Crippen LogP contribution in [0.1, 0.15) is 17.3 Å². The summed E-state index contributed by atoms with van der Waals surface area (Å²) in [6.07, 6.45) is 1.08. The van der Waals surface area contributed by atoms with Crippen molar-refractivity contribution in [2.45, 2.75) is 11.8 Å². The van der Waals surface area contributed by atoms with Gasteiger partial charge in [0.1, 0.15) is 0 Å². The Morgan fingerprint density at radius 3 is 2.27 bits per heavy atom. The minimum absolute atomic E-state index is 0.0861. The highest BCUT2D eigenvalue weighted by atomic mass is 32.2. The van der Waals surface area contributed by atoms with E-state index in [2.05, 4.69) is 11.3 Å². The highest BCUT2D eigenvalue weighted by Crippen LogP contribution is 2.14. The van der Waals surface area contributed by atoms with E-state index in [9.17, 15) is 18.0 Å². The van der Waals surface area contributed by atoms with Gasteiger partial charge in [-0.1, -0.05) is 6.08 Å². The summed E-state index contributed by atoms with van der Waals surface area (Å²) in [5.74, 6) is -0.198. The van der Waals surface area contributed by atoms with Gasteiger partial charge in [0.15, 0.2) is 0 Å². The Morgan fingerprint density at radius 2 is 1.73 bits per heavy atom. The largest absolute Gasteiger partial charge is 0.450 e. The van der Waals surface area contributed by atoms with Crippen molar-refractivity contribution in [3.63, 3.8) is 0 Å². The van der Waals surface area contributed by atoms with Gasteiger partial charge in [0.05, 0.1) is 11.5 Å². The highest BCUT2D eigenvalue weighted by Gasteiger charge is 2.25. The fourth-order valence-electron chi connectivity index (χ4n) is 2.52. The predicted octanol–water partition coefficient (Wildman–Crippen LogP) is 1.07. The van der Waals surface area contributed by atoms with Crippen molar-refractivity contribution in [2.24, 2.45) is 0 Å². The molecule has 1 aliphatic rings. The topological polar surface area (TPSA) is 96.0 Å². The number of hydrogen-bond acceptors (Lipinski definition) is 5. The van der Waals surface area contributed by atoms with Gasteiger partial charge in [-0.05, 0) is 31.2 Å². The first-order valence-electron chi connectivity index (χ1n) is 8.30. The fraction of sp³-hybridized carbons (Fsp3) is 0.412. The molecular weight excluding hydrogens is 358 g/mol. The van der Waals surface area contributed by atoms with E-state index in [1.54, 1.807) is 16.7 Å². The lowest BCUT2D eigenvalue weighted by Gasteiger charge is -2.34. The summed E-state index contributed by atoms with van der Waals surface area (Å²) in [4.78, 5) is 27.5. The fourth-order valence-corrected chi connectivity index (χ4v) is 3.52. The zero-order valence-electron chi connectivity index (χ0n) is 14.7. The van der Waals surface area contributed by atoms with E-state index in [-0.39, 0.29) is 23.4 Å². The van der Waals surface area contributed by atoms with Crippen LogP contribution in [-0.2, 0) is 14.8 Å². The number of nitrogens with zero attached hydrogens (tertiary/aromatic N) is 2. The van der Waals surface area contributed by atoms with Crippen molar-refractivity contribution < 1.29 is 22.7 Å². The van der Waals surface area contributed by atoms with Gasteiger partial charge < -0.3 is 14.5 Å². The third-order valence-corrected chi connectivity index (χ3v) is 5.36. The molecule has 142 valence electrons. The van der Waals surface area contributed by atoms with E-state index in [1.165, 1.54) is 30.3 Å². The van der Waals surface area contributed by atoms with Crippen LogP contribution in [0.3, 0.4) is 0 Å². The van der Waals surface area contributed by atoms with Crippen LogP contribution in [0.5, 0.6) is 0 Å². The molecule has 0 atom stereocenters. The number of amides is 2. The van der Waals surface area contributed by atoms with Gasteiger partial charge in [-0.2, -0.15) is 0 Å². The summed E-state index contributed by atoms with van der Waals surface area (Å²) in [7, 11) is -3.62. The zero-order chi connectivity index (χ0) is 19.2. The van der Waals surface area contributed by atoms with Crippen LogP contribution >= 0.6 is 0 Å². The van der Waals surface area contributed by atoms with Crippen LogP contribution in [0.15, 0.2) is 41.8 Å². The molecule has 0 bridgehead atoms. The lowest BCUT2D eigenvalue weighted by Crippen LogP contribution is -2.50. The van der Waals surface area contributed by atoms with Crippen LogP contribution in [0.4, 0.5) is 4.79 Å². The molecule has 1 heterocycles. The molecule has 8 nitrogen and oxygen atoms in total. The molecule has 1 aromatic rings. The molecule has 2 rings (SSSR count). The van der Waals surface area contributed by atoms with Crippen molar-refractivity contribution in [2.75, 3.05) is 39.3 Å². The number of sulfonamides is 1. The van der Waals surface area contributed by atoms with Gasteiger partial charge in [0.2, 0.25) is 10.0 Å². The van der Waals surface area contributed by atoms with Gasteiger partial charge in [0, 0.05) is 38.3 Å². The van der Waals surface area contributed by atoms with E-state index in [0.717, 1.165) is 0 Å². The Kier molecular flexibility index (Phi) is 6.76. The molecule has 2 amide bonds. The second-order valence-corrected chi connectivity index (χ2v) is 7.41. The number of hydrogen-bond donors (Lipinski definition) is 1. The van der Waals surface area contributed by atoms with Crippen LogP contribution in [-0.4, -0.2) is 69.5 Å². The van der Waals surface area contributed by atoms with Crippen molar-refractivity contribution in [3.8, 4) is 0 Å². The minimum Gasteiger partial charge on any atom is -0.450 e. The molecule has 0 unspecified atom stereocenters. The van der Waals surface area contributed by atoms with E-state index in [0.29, 0.717) is 38.3 Å². The predicted molar refractivity (Wildman–Crippen MR) is 96.3 cm³/mol. The molecule has 9 heteroatoms. The Labute approximate surface area is 153 Å². The minimum atomic E-state index is -3.62. The molecule has 26 heavy (non-hydrogen) atoms. The maximum Gasteiger partial charge on any atom is 0.409 e. The average Bonchev–Trinajstić information content (AvgIpc) is 2.66. The van der Waals surface area contributed by atoms with Gasteiger partial charge in [-0.3, -0.25) is 4.79 Å². The third kappa shape index (κ3) is 4.83. The SMILES string of the molecule is C=CCNS(=O)(=O)c1ccc(C(=O)N2CCN(C(=O)OCC)CC2)cc1. The van der Waals surface area contributed by atoms with Crippen LogP contribution < -0.4 is 4.72 Å². The molecule has 1 saturated heterocycles. The first-order chi connectivity index (χ1) is 12.4. The molecule has 1 aromatic carbocycles. The second-order valence-electron chi connectivity index (χ2n) is 5.64. The summed E-state index contributed by atoms with van der Waals surface area (Å²) < 4.78 is 31.4. The summed E-state index contributed by atoms with van der Waals surface area (Å²) in [5, 5.41) is 0. The number of rotatable bonds is 6. The first-order valence-corrected chi connectivity index (χ1v) is 9.79. The van der Waals surface area contributed by atoms with E-state index in [4.69, 9.17) is 4.74 Å². The van der Waals surface area contributed by atoms with Gasteiger partial charge in [0.25, 0.3) is 5.91 Å². The Hall–Kier alpha value is -2.39. The Balaban J connectivity index is 1.98. The standard InChI is InChI=1S/C17H23N3O5S/c1-3-9-18-26(23,24)15-7-5-14(6-8-15)16(21)19-10-12-20(13-11-19)17(22)25-4-2/h3,5-8,18H,1,4,9-13H2,2H3. The van der Waals surface area contributed by atoms with Crippen LogP contribution in [0.25, 0.3) is 0 Å². The molecular formula is C17H23N3O5S. The second kappa shape index (κ2) is 8.81. The first kappa shape index (κ1) is 19.9. The van der Waals surface area contributed by atoms with Crippen LogP contribution in [0.2, 0.25) is 0 Å². The maximum absolute atomic E-state index is 12.5. The smallest absolute Gasteiger partial charge is 0.409 e. The highest BCUT2D eigenvalue weighted by molar-refractivity contribution is 7.89. The summed E-state index contributed by atoms with van der Waals surface area (Å²) >= 11 is 0. The molecule has 0 aliphatic carbocycles. The number of carbonyl (C=O) groups is 2. The Morgan fingerprint density at radius 1 is 1.15 bits per heavy atom. The average molecular weight is 381 g/mol. The maximum atomic E-state index is 12.5. The number of nitrogens with one attached hydrogen (secondary N) is 1. The molecule has 0 spiro atoms. The molecule has 1 N–H and O–H groups in total. The monoisotopic (exact) mass is 381 g/mol. The van der Waals surface area contributed by atoms with Crippen molar-refractivity contribution in [1.82, 2.24) is 14.5 Å². The van der Waals surface area contributed by atoms with Crippen molar-refractivity contribution >= 4 is 22.0 Å². The molecule has 1 aliphatic heterocycles. The normalized spacial score (nSPS) is 14.8. The number of benzene rings is 1. The van der Waals surface area contributed by atoms with Crippen molar-refractivity contribution in [3.05, 3.63) is 42.5 Å². The van der Waals surface area contributed by atoms with Crippen LogP contribution in [0, 0.1) is 0 Å². The number of piperazine rings is 1.